The first kappa shape index (κ1) is 13.5. The van der Waals surface area contributed by atoms with Crippen molar-refractivity contribution >= 4 is 23.2 Å². The predicted octanol–water partition coefficient (Wildman–Crippen LogP) is 2.00. The number of carbonyl (C=O) groups is 1. The maximum absolute atomic E-state index is 12.0. The van der Waals surface area contributed by atoms with E-state index in [1.807, 2.05) is 6.92 Å². The average Bonchev–Trinajstić information content (AvgIpc) is 2.91. The number of nitrogens with zero attached hydrogens (tertiary/aromatic N) is 2. The Bertz CT molecular complexity index is 624. The highest BCUT2D eigenvalue weighted by Crippen LogP contribution is 2.25. The number of amides is 1. The van der Waals surface area contributed by atoms with Crippen LogP contribution >= 0.6 is 0 Å². The molecule has 2 aromatic rings. The zero-order valence-corrected chi connectivity index (χ0v) is 10.7. The summed E-state index contributed by atoms with van der Waals surface area (Å²) < 4.78 is 0. The van der Waals surface area contributed by atoms with E-state index < -0.39 is 10.8 Å². The smallest absolute Gasteiger partial charge is 0.292 e. The molecule has 0 aliphatic carbocycles. The number of anilines is 2. The van der Waals surface area contributed by atoms with Crippen LogP contribution in [0.4, 0.5) is 17.3 Å². The van der Waals surface area contributed by atoms with Crippen LogP contribution in [0.5, 0.6) is 0 Å². The molecule has 1 amide bonds. The number of nitro benzene ring substituents is 1. The number of carbonyl (C=O) groups excluding carboxylic acids is 1. The maximum Gasteiger partial charge on any atom is 0.292 e. The van der Waals surface area contributed by atoms with Crippen LogP contribution < -0.4 is 10.6 Å². The molecular weight excluding hydrogens is 262 g/mol. The van der Waals surface area contributed by atoms with Gasteiger partial charge in [0.1, 0.15) is 5.69 Å². The second-order valence-electron chi connectivity index (χ2n) is 3.91. The van der Waals surface area contributed by atoms with E-state index in [1.165, 1.54) is 24.4 Å². The van der Waals surface area contributed by atoms with Crippen molar-refractivity contribution in [3.05, 3.63) is 46.3 Å². The minimum absolute atomic E-state index is 0.0681. The van der Waals surface area contributed by atoms with E-state index in [4.69, 9.17) is 0 Å². The lowest BCUT2D eigenvalue weighted by molar-refractivity contribution is -0.384. The summed E-state index contributed by atoms with van der Waals surface area (Å²) in [5.41, 5.74) is 0.550. The molecule has 1 heterocycles. The van der Waals surface area contributed by atoms with E-state index in [9.17, 15) is 14.9 Å². The molecule has 0 unspecified atom stereocenters. The number of nitrogens with one attached hydrogen (secondary N) is 3. The first-order valence-electron chi connectivity index (χ1n) is 5.95. The molecule has 20 heavy (non-hydrogen) atoms. The molecule has 0 spiro atoms. The molecular formula is C12H13N5O3. The van der Waals surface area contributed by atoms with Crippen molar-refractivity contribution in [2.24, 2.45) is 0 Å². The van der Waals surface area contributed by atoms with Crippen LogP contribution in [0.2, 0.25) is 0 Å². The molecule has 3 N–H and O–H groups in total. The van der Waals surface area contributed by atoms with E-state index in [2.05, 4.69) is 20.6 Å². The van der Waals surface area contributed by atoms with Gasteiger partial charge in [0.05, 0.1) is 4.92 Å². The number of aromatic nitrogens is 2. The van der Waals surface area contributed by atoms with E-state index in [0.29, 0.717) is 23.7 Å². The molecule has 0 radical (unpaired) electrons. The number of hydrogen-bond donors (Lipinski definition) is 3. The number of H-pyrrole nitrogens is 1. The summed E-state index contributed by atoms with van der Waals surface area (Å²) in [6, 6.07) is 4.15. The van der Waals surface area contributed by atoms with Gasteiger partial charge in [0.2, 0.25) is 5.95 Å². The van der Waals surface area contributed by atoms with Gasteiger partial charge in [0.15, 0.2) is 0 Å². The molecule has 8 heteroatoms. The Hall–Kier alpha value is -2.90. The number of imidazole rings is 1. The Morgan fingerprint density at radius 3 is 2.90 bits per heavy atom. The van der Waals surface area contributed by atoms with Crippen molar-refractivity contribution in [1.29, 1.82) is 0 Å². The van der Waals surface area contributed by atoms with Crippen LogP contribution in [0.15, 0.2) is 30.6 Å². The molecule has 2 rings (SSSR count). The van der Waals surface area contributed by atoms with Crippen molar-refractivity contribution in [1.82, 2.24) is 9.97 Å². The third-order valence-electron chi connectivity index (χ3n) is 2.55. The SMILES string of the molecule is CCNc1cc(C(=O)Nc2ncc[nH]2)ccc1[N+](=O)[O-]. The van der Waals surface area contributed by atoms with Crippen molar-refractivity contribution in [2.75, 3.05) is 17.2 Å². The molecule has 0 aliphatic heterocycles. The first-order valence-corrected chi connectivity index (χ1v) is 5.95. The molecule has 0 aliphatic rings. The Morgan fingerprint density at radius 2 is 2.30 bits per heavy atom. The van der Waals surface area contributed by atoms with E-state index >= 15 is 0 Å². The summed E-state index contributed by atoms with van der Waals surface area (Å²) in [7, 11) is 0. The minimum Gasteiger partial charge on any atom is -0.380 e. The number of benzene rings is 1. The van der Waals surface area contributed by atoms with Gasteiger partial charge in [-0.2, -0.15) is 0 Å². The lowest BCUT2D eigenvalue weighted by Gasteiger charge is -2.07. The van der Waals surface area contributed by atoms with E-state index in [0.717, 1.165) is 0 Å². The summed E-state index contributed by atoms with van der Waals surface area (Å²) in [5, 5.41) is 16.3. The summed E-state index contributed by atoms with van der Waals surface area (Å²) in [4.78, 5) is 29.0. The predicted molar refractivity (Wildman–Crippen MR) is 73.8 cm³/mol. The highest BCUT2D eigenvalue weighted by molar-refractivity contribution is 6.04. The molecule has 8 nitrogen and oxygen atoms in total. The molecule has 0 saturated heterocycles. The van der Waals surface area contributed by atoms with Crippen molar-refractivity contribution in [3.63, 3.8) is 0 Å². The summed E-state index contributed by atoms with van der Waals surface area (Å²) in [5.74, 6) is -0.0765. The highest BCUT2D eigenvalue weighted by atomic mass is 16.6. The Labute approximate surface area is 114 Å². The minimum atomic E-state index is -0.494. The third kappa shape index (κ3) is 2.91. The molecule has 0 fully saturated rings. The lowest BCUT2D eigenvalue weighted by atomic mass is 10.1. The van der Waals surface area contributed by atoms with Crippen LogP contribution in [0.25, 0.3) is 0 Å². The number of rotatable bonds is 5. The first-order chi connectivity index (χ1) is 9.61. The summed E-state index contributed by atoms with van der Waals surface area (Å²) in [6.45, 7) is 2.34. The molecule has 1 aromatic heterocycles. The van der Waals surface area contributed by atoms with Crippen molar-refractivity contribution in [2.45, 2.75) is 6.92 Å². The average molecular weight is 275 g/mol. The number of nitro groups is 1. The summed E-state index contributed by atoms with van der Waals surface area (Å²) in [6.07, 6.45) is 3.09. The van der Waals surface area contributed by atoms with Gasteiger partial charge in [-0.15, -0.1) is 0 Å². The highest BCUT2D eigenvalue weighted by Gasteiger charge is 2.16. The van der Waals surface area contributed by atoms with Gasteiger partial charge < -0.3 is 10.3 Å². The van der Waals surface area contributed by atoms with Gasteiger partial charge in [-0.3, -0.25) is 20.2 Å². The van der Waals surface area contributed by atoms with Gasteiger partial charge in [0.25, 0.3) is 11.6 Å². The van der Waals surface area contributed by atoms with Crippen molar-refractivity contribution < 1.29 is 9.72 Å². The van der Waals surface area contributed by atoms with E-state index in [1.54, 1.807) is 6.20 Å². The fourth-order valence-electron chi connectivity index (χ4n) is 1.68. The van der Waals surface area contributed by atoms with Gasteiger partial charge >= 0.3 is 0 Å². The van der Waals surface area contributed by atoms with Crippen LogP contribution in [-0.2, 0) is 0 Å². The standard InChI is InChI=1S/C12H13N5O3/c1-2-13-9-7-8(3-4-10(9)17(19)20)11(18)16-12-14-5-6-15-12/h3-7,13H,2H2,1H3,(H2,14,15,16,18). The van der Waals surface area contributed by atoms with Crippen LogP contribution in [0.3, 0.4) is 0 Å². The zero-order chi connectivity index (χ0) is 14.5. The maximum atomic E-state index is 12.0. The van der Waals surface area contributed by atoms with E-state index in [-0.39, 0.29) is 5.69 Å². The van der Waals surface area contributed by atoms with Crippen LogP contribution in [0, 0.1) is 10.1 Å². The molecule has 104 valence electrons. The number of aromatic amines is 1. The largest absolute Gasteiger partial charge is 0.380 e. The van der Waals surface area contributed by atoms with Crippen molar-refractivity contribution in [3.8, 4) is 0 Å². The normalized spacial score (nSPS) is 10.1. The lowest BCUT2D eigenvalue weighted by Crippen LogP contribution is -2.13. The Kier molecular flexibility index (Phi) is 3.94. The van der Waals surface area contributed by atoms with Gasteiger partial charge in [-0.25, -0.2) is 4.98 Å². The third-order valence-corrected chi connectivity index (χ3v) is 2.55. The van der Waals surface area contributed by atoms with Crippen LogP contribution in [-0.4, -0.2) is 27.3 Å². The van der Waals surface area contributed by atoms with Gasteiger partial charge in [-0.05, 0) is 19.1 Å². The second kappa shape index (κ2) is 5.83. The quantitative estimate of drug-likeness (QED) is 0.570. The Balaban J connectivity index is 2.26. The van der Waals surface area contributed by atoms with Gasteiger partial charge in [-0.1, -0.05) is 0 Å². The number of hydrogen-bond acceptors (Lipinski definition) is 5. The molecule has 1 aromatic carbocycles. The zero-order valence-electron chi connectivity index (χ0n) is 10.7. The fourth-order valence-corrected chi connectivity index (χ4v) is 1.68. The van der Waals surface area contributed by atoms with Crippen LogP contribution in [0.1, 0.15) is 17.3 Å². The Morgan fingerprint density at radius 1 is 1.50 bits per heavy atom. The second-order valence-corrected chi connectivity index (χ2v) is 3.91. The monoisotopic (exact) mass is 275 g/mol. The fraction of sp³-hybridized carbons (Fsp3) is 0.167. The molecule has 0 atom stereocenters. The van der Waals surface area contributed by atoms with Gasteiger partial charge in [0, 0.05) is 30.6 Å². The molecule has 0 bridgehead atoms. The molecule has 0 saturated carbocycles. The topological polar surface area (TPSA) is 113 Å². The summed E-state index contributed by atoms with van der Waals surface area (Å²) >= 11 is 0.